The van der Waals surface area contributed by atoms with Crippen LogP contribution in [0.15, 0.2) is 27.8 Å². The van der Waals surface area contributed by atoms with Gasteiger partial charge in [-0.2, -0.15) is 0 Å². The van der Waals surface area contributed by atoms with Crippen molar-refractivity contribution in [2.24, 2.45) is 11.7 Å². The van der Waals surface area contributed by atoms with E-state index in [0.29, 0.717) is 17.0 Å². The van der Waals surface area contributed by atoms with E-state index < -0.39 is 0 Å². The zero-order chi connectivity index (χ0) is 17.7. The summed E-state index contributed by atoms with van der Waals surface area (Å²) in [5, 5.41) is 11.2. The molecule has 0 spiro atoms. The van der Waals surface area contributed by atoms with E-state index in [4.69, 9.17) is 10.2 Å². The fourth-order valence-electron chi connectivity index (χ4n) is 2.35. The summed E-state index contributed by atoms with van der Waals surface area (Å²) >= 11 is 1.21. The molecule has 0 saturated heterocycles. The van der Waals surface area contributed by atoms with Gasteiger partial charge in [-0.25, -0.2) is 0 Å². The highest BCUT2D eigenvalue weighted by Gasteiger charge is 2.17. The molecule has 1 heterocycles. The number of para-hydroxylation sites is 1. The van der Waals surface area contributed by atoms with Crippen molar-refractivity contribution in [3.63, 3.8) is 0 Å². The highest BCUT2D eigenvalue weighted by molar-refractivity contribution is 7.99. The Hall–Kier alpha value is -1.86. The number of thioether (sulfide) groups is 1. The van der Waals surface area contributed by atoms with Crippen molar-refractivity contribution in [1.82, 2.24) is 10.2 Å². The molecule has 2 rings (SSSR count). The molecular weight excluding hydrogens is 324 g/mol. The van der Waals surface area contributed by atoms with Gasteiger partial charge in [-0.15, -0.1) is 10.2 Å². The van der Waals surface area contributed by atoms with E-state index in [-0.39, 0.29) is 17.7 Å². The lowest BCUT2D eigenvalue weighted by molar-refractivity contribution is -0.113. The van der Waals surface area contributed by atoms with E-state index in [0.717, 1.165) is 23.2 Å². The molecule has 24 heavy (non-hydrogen) atoms. The summed E-state index contributed by atoms with van der Waals surface area (Å²) in [7, 11) is 0. The standard InChI is InChI=1S/C17H24N4O2S/c1-10(2)8-13(18)16-20-21-17(23-16)24-9-14(22)19-15-11(3)6-5-7-12(15)4/h5-7,10,13H,8-9,18H2,1-4H3,(H,19,22). The van der Waals surface area contributed by atoms with Crippen molar-refractivity contribution < 1.29 is 9.21 Å². The van der Waals surface area contributed by atoms with Crippen LogP contribution in [0, 0.1) is 19.8 Å². The minimum absolute atomic E-state index is 0.108. The van der Waals surface area contributed by atoms with Gasteiger partial charge in [0.1, 0.15) is 0 Å². The first kappa shape index (κ1) is 18.5. The summed E-state index contributed by atoms with van der Waals surface area (Å²) < 4.78 is 5.53. The second-order valence-electron chi connectivity index (χ2n) is 6.25. The van der Waals surface area contributed by atoms with Crippen molar-refractivity contribution in [1.29, 1.82) is 0 Å². The molecular formula is C17H24N4O2S. The quantitative estimate of drug-likeness (QED) is 0.744. The molecule has 1 amide bonds. The smallest absolute Gasteiger partial charge is 0.277 e. The number of anilines is 1. The van der Waals surface area contributed by atoms with Gasteiger partial charge in [-0.1, -0.05) is 43.8 Å². The monoisotopic (exact) mass is 348 g/mol. The molecule has 130 valence electrons. The number of aryl methyl sites for hydroxylation is 2. The van der Waals surface area contributed by atoms with Crippen LogP contribution < -0.4 is 11.1 Å². The molecule has 3 N–H and O–H groups in total. The predicted molar refractivity (Wildman–Crippen MR) is 96.0 cm³/mol. The molecule has 2 aromatic rings. The third-order valence-corrected chi connectivity index (χ3v) is 4.36. The molecule has 1 aromatic heterocycles. The van der Waals surface area contributed by atoms with Crippen LogP contribution in [0.5, 0.6) is 0 Å². The van der Waals surface area contributed by atoms with Gasteiger partial charge in [0, 0.05) is 5.69 Å². The van der Waals surface area contributed by atoms with E-state index >= 15 is 0 Å². The van der Waals surface area contributed by atoms with Gasteiger partial charge in [0.05, 0.1) is 11.8 Å². The summed E-state index contributed by atoms with van der Waals surface area (Å²) in [5.74, 6) is 0.963. The Morgan fingerprint density at radius 1 is 1.29 bits per heavy atom. The van der Waals surface area contributed by atoms with Gasteiger partial charge in [0.25, 0.3) is 5.22 Å². The topological polar surface area (TPSA) is 94.0 Å². The zero-order valence-corrected chi connectivity index (χ0v) is 15.3. The highest BCUT2D eigenvalue weighted by atomic mass is 32.2. The highest BCUT2D eigenvalue weighted by Crippen LogP contribution is 2.23. The summed E-state index contributed by atoms with van der Waals surface area (Å²) in [6, 6.07) is 5.64. The summed E-state index contributed by atoms with van der Waals surface area (Å²) in [5.41, 5.74) is 8.94. The van der Waals surface area contributed by atoms with Crippen LogP contribution in [0.2, 0.25) is 0 Å². The van der Waals surface area contributed by atoms with E-state index in [2.05, 4.69) is 29.4 Å². The van der Waals surface area contributed by atoms with Gasteiger partial charge in [0.2, 0.25) is 11.8 Å². The second-order valence-corrected chi connectivity index (χ2v) is 7.17. The van der Waals surface area contributed by atoms with Crippen LogP contribution in [0.1, 0.15) is 43.3 Å². The minimum Gasteiger partial charge on any atom is -0.414 e. The van der Waals surface area contributed by atoms with Crippen LogP contribution in [0.4, 0.5) is 5.69 Å². The third-order valence-electron chi connectivity index (χ3n) is 3.54. The van der Waals surface area contributed by atoms with E-state index in [9.17, 15) is 4.79 Å². The fraction of sp³-hybridized carbons (Fsp3) is 0.471. The van der Waals surface area contributed by atoms with Crippen molar-refractivity contribution in [2.45, 2.75) is 45.4 Å². The summed E-state index contributed by atoms with van der Waals surface area (Å²) in [6.45, 7) is 8.11. The van der Waals surface area contributed by atoms with Crippen molar-refractivity contribution in [3.8, 4) is 0 Å². The summed E-state index contributed by atoms with van der Waals surface area (Å²) in [4.78, 5) is 12.1. The summed E-state index contributed by atoms with van der Waals surface area (Å²) in [6.07, 6.45) is 0.777. The zero-order valence-electron chi connectivity index (χ0n) is 14.5. The Balaban J connectivity index is 1.89. The molecule has 0 saturated carbocycles. The molecule has 0 fully saturated rings. The average Bonchev–Trinajstić information content (AvgIpc) is 2.97. The lowest BCUT2D eigenvalue weighted by atomic mass is 10.1. The van der Waals surface area contributed by atoms with Gasteiger partial charge in [-0.3, -0.25) is 4.79 Å². The molecule has 1 atom stereocenters. The number of nitrogens with one attached hydrogen (secondary N) is 1. The number of hydrogen-bond acceptors (Lipinski definition) is 6. The third kappa shape index (κ3) is 5.07. The number of benzene rings is 1. The number of amides is 1. The Labute approximate surface area is 146 Å². The molecule has 0 aliphatic heterocycles. The van der Waals surface area contributed by atoms with Gasteiger partial charge in [0.15, 0.2) is 0 Å². The van der Waals surface area contributed by atoms with Gasteiger partial charge in [-0.05, 0) is 37.3 Å². The number of rotatable bonds is 7. The normalized spacial score (nSPS) is 12.4. The molecule has 1 aromatic carbocycles. The van der Waals surface area contributed by atoms with Crippen LogP contribution in [-0.2, 0) is 4.79 Å². The largest absolute Gasteiger partial charge is 0.414 e. The van der Waals surface area contributed by atoms with Crippen molar-refractivity contribution in [3.05, 3.63) is 35.2 Å². The molecule has 1 unspecified atom stereocenters. The number of nitrogens with zero attached hydrogens (tertiary/aromatic N) is 2. The van der Waals surface area contributed by atoms with Gasteiger partial charge >= 0.3 is 0 Å². The first-order valence-corrected chi connectivity index (χ1v) is 8.93. The van der Waals surface area contributed by atoms with Crippen LogP contribution in [-0.4, -0.2) is 21.9 Å². The maximum Gasteiger partial charge on any atom is 0.277 e. The van der Waals surface area contributed by atoms with E-state index in [1.165, 1.54) is 11.8 Å². The van der Waals surface area contributed by atoms with Crippen molar-refractivity contribution in [2.75, 3.05) is 11.1 Å². The predicted octanol–water partition coefficient (Wildman–Crippen LogP) is 3.46. The average molecular weight is 348 g/mol. The Kier molecular flexibility index (Phi) is 6.39. The number of aromatic nitrogens is 2. The van der Waals surface area contributed by atoms with E-state index in [1.54, 1.807) is 0 Å². The molecule has 0 radical (unpaired) electrons. The maximum absolute atomic E-state index is 12.1. The maximum atomic E-state index is 12.1. The Bertz CT molecular complexity index is 679. The minimum atomic E-state index is -0.268. The van der Waals surface area contributed by atoms with Gasteiger partial charge < -0.3 is 15.5 Å². The molecule has 6 nitrogen and oxygen atoms in total. The molecule has 0 aliphatic carbocycles. The van der Waals surface area contributed by atoms with E-state index in [1.807, 2.05) is 32.0 Å². The van der Waals surface area contributed by atoms with Crippen molar-refractivity contribution >= 4 is 23.4 Å². The second kappa shape index (κ2) is 8.30. The number of hydrogen-bond donors (Lipinski definition) is 2. The SMILES string of the molecule is Cc1cccc(C)c1NC(=O)CSc1nnc(C(N)CC(C)C)o1. The number of carbonyl (C=O) groups excluding carboxylic acids is 1. The first-order valence-electron chi connectivity index (χ1n) is 7.94. The lowest BCUT2D eigenvalue weighted by Crippen LogP contribution is -2.15. The number of nitrogens with two attached hydrogens (primary N) is 1. The van der Waals surface area contributed by atoms with Crippen LogP contribution >= 0.6 is 11.8 Å². The fourth-order valence-corrected chi connectivity index (χ4v) is 2.92. The first-order chi connectivity index (χ1) is 11.4. The Morgan fingerprint density at radius 2 is 1.96 bits per heavy atom. The molecule has 0 aliphatic rings. The van der Waals surface area contributed by atoms with Crippen LogP contribution in [0.3, 0.4) is 0 Å². The van der Waals surface area contributed by atoms with Crippen LogP contribution in [0.25, 0.3) is 0 Å². The molecule has 0 bridgehead atoms. The Morgan fingerprint density at radius 3 is 2.58 bits per heavy atom. The molecule has 7 heteroatoms. The number of carbonyl (C=O) groups is 1. The lowest BCUT2D eigenvalue weighted by Gasteiger charge is -2.10.